The van der Waals surface area contributed by atoms with Crippen LogP contribution < -0.4 is 9.47 Å². The number of benzene rings is 3. The Kier molecular flexibility index (Phi) is 15.7. The van der Waals surface area contributed by atoms with E-state index >= 15 is 0 Å². The maximum absolute atomic E-state index is 12.7. The lowest BCUT2D eigenvalue weighted by Gasteiger charge is -2.42. The second kappa shape index (κ2) is 19.9. The van der Waals surface area contributed by atoms with Crippen molar-refractivity contribution in [2.45, 2.75) is 55.4 Å². The van der Waals surface area contributed by atoms with Crippen molar-refractivity contribution in [1.82, 2.24) is 4.90 Å². The largest absolute Gasteiger partial charge is 0.496 e. The minimum Gasteiger partial charge on any atom is -0.496 e. The molecule has 266 valence electrons. The monoisotopic (exact) mass is 731 g/mol. The van der Waals surface area contributed by atoms with Crippen molar-refractivity contribution >= 4 is 38.6 Å². The summed E-state index contributed by atoms with van der Waals surface area (Å²) in [5.74, 6) is 1.91. The van der Waals surface area contributed by atoms with Crippen molar-refractivity contribution in [1.29, 1.82) is 0 Å². The molecular formula is C35H45NO10S2Si. The van der Waals surface area contributed by atoms with E-state index in [1.165, 1.54) is 17.0 Å². The molecule has 4 rings (SSSR count). The third kappa shape index (κ3) is 12.0. The molecule has 0 saturated carbocycles. The minimum atomic E-state index is -3.97. The molecule has 1 N–H and O–H groups in total. The summed E-state index contributed by atoms with van der Waals surface area (Å²) in [6, 6.07) is 22.6. The average Bonchev–Trinajstić information content (AvgIpc) is 3.10. The van der Waals surface area contributed by atoms with Gasteiger partial charge in [-0.05, 0) is 61.0 Å². The number of piperidine rings is 1. The van der Waals surface area contributed by atoms with Crippen LogP contribution in [0.2, 0.25) is 6.04 Å². The van der Waals surface area contributed by atoms with Gasteiger partial charge in [0.25, 0.3) is 10.1 Å². The topological polar surface area (TPSA) is 130 Å². The van der Waals surface area contributed by atoms with Gasteiger partial charge in [0.05, 0.1) is 63.8 Å². The van der Waals surface area contributed by atoms with Crippen LogP contribution in [0.5, 0.6) is 11.5 Å². The summed E-state index contributed by atoms with van der Waals surface area (Å²) in [6.45, 7) is 3.31. The molecule has 0 unspecified atom stereocenters. The number of likely N-dealkylation sites (tertiary alicyclic amines) is 1. The van der Waals surface area contributed by atoms with Gasteiger partial charge in [-0.2, -0.15) is 21.0 Å². The molecule has 1 aliphatic heterocycles. The van der Waals surface area contributed by atoms with Crippen LogP contribution >= 0.6 is 12.6 Å². The highest BCUT2D eigenvalue weighted by Crippen LogP contribution is 2.34. The van der Waals surface area contributed by atoms with Crippen LogP contribution in [0.3, 0.4) is 0 Å². The van der Waals surface area contributed by atoms with Crippen LogP contribution in [-0.4, -0.2) is 98.9 Å². The molecule has 2 radical (unpaired) electrons. The number of hydrogen-bond donors (Lipinski definition) is 2. The van der Waals surface area contributed by atoms with E-state index in [0.717, 1.165) is 40.7 Å². The molecule has 0 aromatic heterocycles. The van der Waals surface area contributed by atoms with Crippen molar-refractivity contribution in [3.8, 4) is 11.5 Å². The lowest BCUT2D eigenvalue weighted by molar-refractivity contribution is -0.0575. The molecule has 3 atom stereocenters. The molecule has 1 heterocycles. The number of para-hydroxylation sites is 1. The third-order valence-electron chi connectivity index (χ3n) is 7.92. The predicted molar refractivity (Wildman–Crippen MR) is 190 cm³/mol. The fourth-order valence-electron chi connectivity index (χ4n) is 5.40. The van der Waals surface area contributed by atoms with Gasteiger partial charge in [-0.3, -0.25) is 4.18 Å². The Labute approximate surface area is 297 Å². The Hall–Kier alpha value is -3.11. The van der Waals surface area contributed by atoms with Gasteiger partial charge < -0.3 is 33.4 Å². The van der Waals surface area contributed by atoms with E-state index in [2.05, 4.69) is 12.6 Å². The van der Waals surface area contributed by atoms with Crippen molar-refractivity contribution in [2.24, 2.45) is 0 Å². The third-order valence-corrected chi connectivity index (χ3v) is 10.6. The second-order valence-corrected chi connectivity index (χ2v) is 14.6. The number of ether oxygens (including phenoxy) is 4. The molecule has 1 amide bonds. The molecule has 11 nitrogen and oxygen atoms in total. The SMILES string of the molecule is COc1ccccc1COCCCOc1ccc([C@@H]2[C@@H](OCCOS(=O)(=O)c3ccc(C)cc3)CN(C(=O)O)C[C@H]2O[Si]CCCS)cc1. The zero-order valence-electron chi connectivity index (χ0n) is 27.9. The summed E-state index contributed by atoms with van der Waals surface area (Å²) in [5.41, 5.74) is 2.82. The standard InChI is InChI=1S/C35H45NO10S2Si/c1-26-9-15-30(16-10-26)48(39,40)45-20-19-44-32-23-36(35(37)38)24-33(46-49-22-6-21-47)34(32)27-11-13-29(14-12-27)43-18-5-17-42-25-28-7-3-4-8-31(28)41-2/h3-4,7-16,32-34,47H,5-6,17-25H2,1-2H3,(H,37,38)/t32-,33+,34+/m0/s1. The zero-order valence-corrected chi connectivity index (χ0v) is 30.6. The average molecular weight is 732 g/mol. The maximum Gasteiger partial charge on any atom is 0.407 e. The molecule has 1 saturated heterocycles. The van der Waals surface area contributed by atoms with E-state index in [0.29, 0.717) is 32.0 Å². The van der Waals surface area contributed by atoms with E-state index in [9.17, 15) is 18.3 Å². The highest BCUT2D eigenvalue weighted by molar-refractivity contribution is 7.86. The van der Waals surface area contributed by atoms with E-state index in [-0.39, 0.29) is 46.9 Å². The number of aryl methyl sites for hydroxylation is 1. The number of rotatable bonds is 20. The Bertz CT molecular complexity index is 1540. The number of amides is 1. The summed E-state index contributed by atoms with van der Waals surface area (Å²) < 4.78 is 60.2. The van der Waals surface area contributed by atoms with Gasteiger partial charge >= 0.3 is 6.09 Å². The highest BCUT2D eigenvalue weighted by Gasteiger charge is 2.41. The van der Waals surface area contributed by atoms with E-state index in [4.69, 9.17) is 27.6 Å². The van der Waals surface area contributed by atoms with Gasteiger partial charge in [0, 0.05) is 24.4 Å². The molecule has 1 aliphatic rings. The molecule has 3 aromatic rings. The first kappa shape index (κ1) is 38.7. The van der Waals surface area contributed by atoms with Crippen LogP contribution in [-0.2, 0) is 34.8 Å². The van der Waals surface area contributed by atoms with Crippen LogP contribution in [0.4, 0.5) is 4.79 Å². The number of methoxy groups -OCH3 is 1. The molecular weight excluding hydrogens is 687 g/mol. The van der Waals surface area contributed by atoms with E-state index in [1.54, 1.807) is 19.2 Å². The highest BCUT2D eigenvalue weighted by atomic mass is 32.2. The number of carbonyl (C=O) groups is 1. The fourth-order valence-corrected chi connectivity index (χ4v) is 7.63. The van der Waals surface area contributed by atoms with Crippen LogP contribution in [0.1, 0.15) is 35.4 Å². The Balaban J connectivity index is 1.37. The maximum atomic E-state index is 12.7. The van der Waals surface area contributed by atoms with Gasteiger partial charge in [-0.1, -0.05) is 48.0 Å². The van der Waals surface area contributed by atoms with Crippen molar-refractivity contribution in [2.75, 3.05) is 52.4 Å². The predicted octanol–water partition coefficient (Wildman–Crippen LogP) is 5.60. The first-order chi connectivity index (χ1) is 23.7. The van der Waals surface area contributed by atoms with Crippen molar-refractivity contribution < 1.29 is 45.9 Å². The lowest BCUT2D eigenvalue weighted by Crippen LogP contribution is -2.54. The van der Waals surface area contributed by atoms with E-state index in [1.807, 2.05) is 55.5 Å². The van der Waals surface area contributed by atoms with Crippen molar-refractivity contribution in [3.63, 3.8) is 0 Å². The summed E-state index contributed by atoms with van der Waals surface area (Å²) in [7, 11) is -2.17. The second-order valence-electron chi connectivity index (χ2n) is 11.5. The summed E-state index contributed by atoms with van der Waals surface area (Å²) in [4.78, 5) is 13.4. The summed E-state index contributed by atoms with van der Waals surface area (Å²) in [6.07, 6.45) is -0.579. The smallest absolute Gasteiger partial charge is 0.407 e. The fraction of sp³-hybridized carbons (Fsp3) is 0.457. The van der Waals surface area contributed by atoms with Crippen molar-refractivity contribution in [3.05, 3.63) is 89.5 Å². The van der Waals surface area contributed by atoms with Gasteiger partial charge in [0.15, 0.2) is 0 Å². The molecule has 3 aromatic carbocycles. The first-order valence-electron chi connectivity index (χ1n) is 16.2. The molecule has 49 heavy (non-hydrogen) atoms. The number of thiol groups is 1. The lowest BCUT2D eigenvalue weighted by atomic mass is 9.84. The zero-order chi connectivity index (χ0) is 35.1. The van der Waals surface area contributed by atoms with Gasteiger partial charge in [0.1, 0.15) is 11.5 Å². The number of carboxylic acid groups (broad SMARTS) is 1. The molecule has 14 heteroatoms. The van der Waals surface area contributed by atoms with Crippen LogP contribution in [0.15, 0.2) is 77.7 Å². The Morgan fingerprint density at radius 2 is 1.67 bits per heavy atom. The number of nitrogens with zero attached hydrogens (tertiary/aromatic N) is 1. The normalized spacial score (nSPS) is 17.9. The Morgan fingerprint density at radius 3 is 2.39 bits per heavy atom. The molecule has 1 fully saturated rings. The molecule has 0 bridgehead atoms. The molecule has 0 spiro atoms. The summed E-state index contributed by atoms with van der Waals surface area (Å²) in [5, 5.41) is 9.89. The number of hydrogen-bond acceptors (Lipinski definition) is 10. The van der Waals surface area contributed by atoms with Crippen LogP contribution in [0, 0.1) is 6.92 Å². The first-order valence-corrected chi connectivity index (χ1v) is 19.3. The minimum absolute atomic E-state index is 0.0593. The van der Waals surface area contributed by atoms with Gasteiger partial charge in [-0.25, -0.2) is 4.79 Å². The summed E-state index contributed by atoms with van der Waals surface area (Å²) >= 11 is 4.28. The van der Waals surface area contributed by atoms with E-state index < -0.39 is 28.4 Å². The Morgan fingerprint density at radius 1 is 0.939 bits per heavy atom. The quantitative estimate of drug-likeness (QED) is 0.0656. The molecule has 0 aliphatic carbocycles. The van der Waals surface area contributed by atoms with Gasteiger partial charge in [0.2, 0.25) is 9.76 Å². The van der Waals surface area contributed by atoms with Crippen LogP contribution in [0.25, 0.3) is 0 Å². The van der Waals surface area contributed by atoms with Gasteiger partial charge in [-0.15, -0.1) is 0 Å².